The molecule has 0 aromatic heterocycles. The molecule has 1 saturated heterocycles. The van der Waals surface area contributed by atoms with Crippen LogP contribution in [0.4, 0.5) is 4.79 Å². The number of rotatable bonds is 6. The molecule has 1 aromatic rings. The molecule has 1 spiro atoms. The molecule has 0 unspecified atom stereocenters. The predicted octanol–water partition coefficient (Wildman–Crippen LogP) is 3.58. The molecule has 152 valence electrons. The van der Waals surface area contributed by atoms with E-state index in [1.165, 1.54) is 0 Å². The monoisotopic (exact) mass is 405 g/mol. The number of amides is 4. The minimum Gasteiger partial charge on any atom is -0.337 e. The van der Waals surface area contributed by atoms with Gasteiger partial charge in [-0.25, -0.2) is 4.79 Å². The van der Waals surface area contributed by atoms with Crippen LogP contribution in [0.2, 0.25) is 5.02 Å². The summed E-state index contributed by atoms with van der Waals surface area (Å²) in [6.07, 6.45) is 4.26. The smallest absolute Gasteiger partial charge is 0.325 e. The third-order valence-electron chi connectivity index (χ3n) is 6.07. The number of carbonyl (C=O) groups excluding carboxylic acids is 3. The Balaban J connectivity index is 1.65. The van der Waals surface area contributed by atoms with Gasteiger partial charge in [0.25, 0.3) is 5.91 Å². The maximum absolute atomic E-state index is 13.0. The Morgan fingerprint density at radius 1 is 1.29 bits per heavy atom. The Kier molecular flexibility index (Phi) is 6.28. The Morgan fingerprint density at radius 2 is 2.00 bits per heavy atom. The molecule has 1 aromatic carbocycles. The van der Waals surface area contributed by atoms with E-state index in [9.17, 15) is 14.4 Å². The molecule has 2 fully saturated rings. The van der Waals surface area contributed by atoms with Crippen LogP contribution in [0, 0.1) is 5.92 Å². The van der Waals surface area contributed by atoms with Gasteiger partial charge >= 0.3 is 6.03 Å². The number of carbonyl (C=O) groups is 3. The van der Waals surface area contributed by atoms with Crippen LogP contribution in [0.3, 0.4) is 0 Å². The quantitative estimate of drug-likeness (QED) is 0.735. The predicted molar refractivity (Wildman–Crippen MR) is 108 cm³/mol. The molecule has 1 N–H and O–H groups in total. The molecule has 0 bridgehead atoms. The number of halogens is 1. The molecular weight excluding hydrogens is 378 g/mol. The summed E-state index contributed by atoms with van der Waals surface area (Å²) in [5.74, 6) is 0.115. The van der Waals surface area contributed by atoms with E-state index in [0.717, 1.165) is 29.7 Å². The second-order valence-corrected chi connectivity index (χ2v) is 8.23. The van der Waals surface area contributed by atoms with E-state index in [1.54, 1.807) is 11.0 Å². The molecule has 4 amide bonds. The number of imide groups is 1. The average Bonchev–Trinajstić information content (AvgIpc) is 2.91. The largest absolute Gasteiger partial charge is 0.337 e. The summed E-state index contributed by atoms with van der Waals surface area (Å²) in [6.45, 7) is 4.68. The third kappa shape index (κ3) is 4.17. The summed E-state index contributed by atoms with van der Waals surface area (Å²) < 4.78 is 0. The van der Waals surface area contributed by atoms with Crippen LogP contribution in [0.5, 0.6) is 0 Å². The molecule has 7 heteroatoms. The van der Waals surface area contributed by atoms with E-state index in [4.69, 9.17) is 11.6 Å². The normalized spacial score (nSPS) is 24.5. The molecule has 0 radical (unpaired) electrons. The fourth-order valence-electron chi connectivity index (χ4n) is 4.20. The van der Waals surface area contributed by atoms with E-state index >= 15 is 0 Å². The summed E-state index contributed by atoms with van der Waals surface area (Å²) in [5.41, 5.74) is 0.0989. The van der Waals surface area contributed by atoms with Crippen molar-refractivity contribution in [2.45, 2.75) is 58.0 Å². The molecule has 0 atom stereocenters. The fourth-order valence-corrected chi connectivity index (χ4v) is 4.42. The molecule has 1 aliphatic carbocycles. The molecule has 1 saturated carbocycles. The van der Waals surface area contributed by atoms with Gasteiger partial charge in [-0.1, -0.05) is 37.1 Å². The number of nitrogens with zero attached hydrogens (tertiary/aromatic N) is 2. The van der Waals surface area contributed by atoms with Gasteiger partial charge in [-0.3, -0.25) is 14.5 Å². The molecule has 1 heterocycles. The van der Waals surface area contributed by atoms with Gasteiger partial charge in [0.2, 0.25) is 5.91 Å². The lowest BCUT2D eigenvalue weighted by atomic mass is 9.75. The highest BCUT2D eigenvalue weighted by molar-refractivity contribution is 6.30. The van der Waals surface area contributed by atoms with Gasteiger partial charge in [0.05, 0.1) is 0 Å². The van der Waals surface area contributed by atoms with Gasteiger partial charge in [-0.05, 0) is 56.2 Å². The van der Waals surface area contributed by atoms with Crippen molar-refractivity contribution in [3.8, 4) is 0 Å². The second-order valence-electron chi connectivity index (χ2n) is 7.79. The number of likely N-dealkylation sites (N-methyl/N-ethyl adjacent to an activating group) is 1. The van der Waals surface area contributed by atoms with E-state index in [1.807, 2.05) is 25.1 Å². The van der Waals surface area contributed by atoms with Crippen molar-refractivity contribution in [2.75, 3.05) is 13.1 Å². The van der Waals surface area contributed by atoms with Crippen LogP contribution in [0.25, 0.3) is 0 Å². The van der Waals surface area contributed by atoms with Crippen molar-refractivity contribution in [3.63, 3.8) is 0 Å². The Hall–Kier alpha value is -2.08. The second kappa shape index (κ2) is 8.52. The minimum atomic E-state index is -0.812. The van der Waals surface area contributed by atoms with Gasteiger partial charge < -0.3 is 10.2 Å². The first kappa shape index (κ1) is 20.6. The minimum absolute atomic E-state index is 0.224. The molecule has 2 aliphatic rings. The molecule has 28 heavy (non-hydrogen) atoms. The van der Waals surface area contributed by atoms with Crippen LogP contribution in [-0.2, 0) is 16.1 Å². The topological polar surface area (TPSA) is 69.7 Å². The lowest BCUT2D eigenvalue weighted by Crippen LogP contribution is -2.50. The van der Waals surface area contributed by atoms with Crippen molar-refractivity contribution < 1.29 is 14.4 Å². The molecule has 1 aliphatic heterocycles. The van der Waals surface area contributed by atoms with E-state index in [0.29, 0.717) is 36.9 Å². The third-order valence-corrected chi connectivity index (χ3v) is 6.31. The van der Waals surface area contributed by atoms with E-state index < -0.39 is 11.6 Å². The summed E-state index contributed by atoms with van der Waals surface area (Å²) in [4.78, 5) is 41.0. The number of nitrogens with one attached hydrogen (secondary N) is 1. The first-order valence-corrected chi connectivity index (χ1v) is 10.4. The number of hydrogen-bond acceptors (Lipinski definition) is 3. The zero-order chi connectivity index (χ0) is 20.3. The van der Waals surface area contributed by atoms with Crippen molar-refractivity contribution in [1.29, 1.82) is 0 Å². The highest BCUT2D eigenvalue weighted by atomic mass is 35.5. The zero-order valence-electron chi connectivity index (χ0n) is 16.5. The van der Waals surface area contributed by atoms with Gasteiger partial charge in [0.1, 0.15) is 12.1 Å². The van der Waals surface area contributed by atoms with Crippen molar-refractivity contribution in [3.05, 3.63) is 34.9 Å². The summed E-state index contributed by atoms with van der Waals surface area (Å²) in [5, 5.41) is 3.49. The van der Waals surface area contributed by atoms with Crippen LogP contribution in [0.1, 0.15) is 51.5 Å². The van der Waals surface area contributed by atoms with E-state index in [-0.39, 0.29) is 18.4 Å². The van der Waals surface area contributed by atoms with Gasteiger partial charge in [-0.2, -0.15) is 0 Å². The highest BCUT2D eigenvalue weighted by Crippen LogP contribution is 2.37. The van der Waals surface area contributed by atoms with Crippen molar-refractivity contribution >= 4 is 29.4 Å². The van der Waals surface area contributed by atoms with Gasteiger partial charge in [0.15, 0.2) is 0 Å². The highest BCUT2D eigenvalue weighted by Gasteiger charge is 2.52. The van der Waals surface area contributed by atoms with Crippen molar-refractivity contribution in [1.82, 2.24) is 15.1 Å². The van der Waals surface area contributed by atoms with Crippen LogP contribution < -0.4 is 5.32 Å². The van der Waals surface area contributed by atoms with Crippen LogP contribution >= 0.6 is 11.6 Å². The first-order valence-electron chi connectivity index (χ1n) is 10.0. The van der Waals surface area contributed by atoms with E-state index in [2.05, 4.69) is 12.2 Å². The fraction of sp³-hybridized carbons (Fsp3) is 0.571. The van der Waals surface area contributed by atoms with Crippen LogP contribution in [-0.4, -0.2) is 46.3 Å². The maximum Gasteiger partial charge on any atom is 0.325 e. The standard InChI is InChI=1S/C21H28ClN3O3/c1-3-15-8-10-21(11-9-15)19(27)25(20(28)23-21)14-18(26)24(4-2)13-16-6-5-7-17(22)12-16/h5-7,12,15H,3-4,8-11,13-14H2,1-2H3,(H,23,28). The average molecular weight is 406 g/mol. The van der Waals surface area contributed by atoms with Crippen LogP contribution in [0.15, 0.2) is 24.3 Å². The van der Waals surface area contributed by atoms with Crippen molar-refractivity contribution in [2.24, 2.45) is 5.92 Å². The zero-order valence-corrected chi connectivity index (χ0v) is 17.3. The number of hydrogen-bond donors (Lipinski definition) is 1. The number of benzene rings is 1. The maximum atomic E-state index is 13.0. The summed E-state index contributed by atoms with van der Waals surface area (Å²) in [6, 6.07) is 6.88. The first-order chi connectivity index (χ1) is 13.4. The Labute approximate surface area is 171 Å². The Bertz CT molecular complexity index is 759. The Morgan fingerprint density at radius 3 is 2.61 bits per heavy atom. The molecular formula is C21H28ClN3O3. The molecule has 6 nitrogen and oxygen atoms in total. The lowest BCUT2D eigenvalue weighted by Gasteiger charge is -2.34. The lowest BCUT2D eigenvalue weighted by molar-refractivity contribution is -0.140. The molecule has 3 rings (SSSR count). The number of urea groups is 1. The van der Waals surface area contributed by atoms with Gasteiger partial charge in [0, 0.05) is 18.1 Å². The summed E-state index contributed by atoms with van der Waals surface area (Å²) in [7, 11) is 0. The van der Waals surface area contributed by atoms with Gasteiger partial charge in [-0.15, -0.1) is 0 Å². The SMILES string of the molecule is CCC1CCC2(CC1)NC(=O)N(CC(=O)N(CC)Cc1cccc(Cl)c1)C2=O. The summed E-state index contributed by atoms with van der Waals surface area (Å²) >= 11 is 6.02.